The van der Waals surface area contributed by atoms with Gasteiger partial charge in [-0.25, -0.2) is 4.79 Å². The molecule has 0 N–H and O–H groups in total. The standard InChI is InChI=1S/C39H82O10Si8/c1-31(2)32(40)41-25-24-26-50-27-51(33(3,4)5)44-54(36(12,13)14)28-52(42-50,34(6,7)8)46-55(37(15,16)17)29-53(43-50,35(9,10)11)47-56(45-51,38(18,19)20)30-57(48-54,49-55)39(21,22)23/h1,24-30H2,2-23H3. The zero-order chi connectivity index (χ0) is 44.0. The lowest BCUT2D eigenvalue weighted by molar-refractivity contribution is -0.139. The molecule has 57 heavy (non-hydrogen) atoms. The highest BCUT2D eigenvalue weighted by molar-refractivity contribution is 7.15. The van der Waals surface area contributed by atoms with Gasteiger partial charge in [-0.1, -0.05) is 152 Å². The smallest absolute Gasteiger partial charge is 0.333 e. The quantitative estimate of drug-likeness (QED) is 0.115. The molecule has 18 heteroatoms. The molecule has 6 fully saturated rings. The molecule has 6 aliphatic heterocycles. The molecule has 0 aromatic rings. The number of ether oxygens (including phenoxy) is 1. The molecule has 8 bridgehead atoms. The predicted octanol–water partition coefficient (Wildman–Crippen LogP) is 12.0. The Morgan fingerprint density at radius 1 is 0.439 bits per heavy atom. The molecule has 0 aliphatic carbocycles. The highest BCUT2D eigenvalue weighted by Crippen LogP contribution is 2.70. The van der Waals surface area contributed by atoms with Crippen LogP contribution >= 0.6 is 0 Å². The second kappa shape index (κ2) is 13.8. The normalized spacial score (nSPS) is 40.5. The van der Waals surface area contributed by atoms with Gasteiger partial charge in [0.05, 0.1) is 6.61 Å². The molecule has 8 unspecified atom stereocenters. The number of esters is 1. The van der Waals surface area contributed by atoms with Crippen LogP contribution in [0.4, 0.5) is 0 Å². The molecule has 6 saturated heterocycles. The van der Waals surface area contributed by atoms with Gasteiger partial charge in [0.25, 0.3) is 0 Å². The molecule has 8 atom stereocenters. The summed E-state index contributed by atoms with van der Waals surface area (Å²) >= 11 is 0. The third-order valence-corrected chi connectivity index (χ3v) is 67.6. The van der Waals surface area contributed by atoms with Crippen LogP contribution in [0, 0.1) is 0 Å². The molecule has 0 amide bonds. The van der Waals surface area contributed by atoms with Gasteiger partial charge in [-0.05, 0) is 19.4 Å². The van der Waals surface area contributed by atoms with Crippen molar-refractivity contribution in [1.82, 2.24) is 0 Å². The van der Waals surface area contributed by atoms with Gasteiger partial charge < -0.3 is 37.7 Å². The Balaban J connectivity index is 2.05. The summed E-state index contributed by atoms with van der Waals surface area (Å²) in [7, 11) is -27.8. The second-order valence-electron chi connectivity index (χ2n) is 25.5. The van der Waals surface area contributed by atoms with Gasteiger partial charge >= 0.3 is 74.5 Å². The van der Waals surface area contributed by atoms with Crippen molar-refractivity contribution in [1.29, 1.82) is 0 Å². The van der Waals surface area contributed by atoms with Crippen LogP contribution in [0.1, 0.15) is 159 Å². The van der Waals surface area contributed by atoms with E-state index in [9.17, 15) is 4.79 Å². The van der Waals surface area contributed by atoms with Gasteiger partial charge in [-0.15, -0.1) is 0 Å². The van der Waals surface area contributed by atoms with Crippen molar-refractivity contribution >= 4 is 74.5 Å². The molecule has 0 spiro atoms. The van der Waals surface area contributed by atoms with E-state index in [2.05, 4.69) is 152 Å². The van der Waals surface area contributed by atoms with E-state index < -0.39 is 98.7 Å². The maximum atomic E-state index is 12.7. The van der Waals surface area contributed by atoms with Gasteiger partial charge in [-0.3, -0.25) is 0 Å². The SMILES string of the molecule is C=C(C)C(=O)OCCC[Si]12C[Si]3(C(C)(C)C)O[Si]4(C(C)(C)C)C[Si]5(C(C)(C)C)O[Si](C(C)(C)C)(C[Si](C(C)(C)C)(O1)O4)O[Si](C(C)(C)C)(C[Si](C(C)(C)C)(O3)O5)O2. The Labute approximate surface area is 356 Å². The molecule has 0 saturated carbocycles. The van der Waals surface area contributed by atoms with Crippen LogP contribution in [-0.2, 0) is 42.5 Å². The molecule has 6 aliphatic rings. The minimum Gasteiger partial charge on any atom is -0.462 e. The van der Waals surface area contributed by atoms with Crippen LogP contribution < -0.4 is 0 Å². The lowest BCUT2D eigenvalue weighted by atomic mass is 10.2. The Hall–Kier alpha value is 0.625. The molecule has 10 nitrogen and oxygen atoms in total. The summed E-state index contributed by atoms with van der Waals surface area (Å²) in [6, 6.07) is 0.594. The van der Waals surface area contributed by atoms with Crippen LogP contribution in [0.2, 0.25) is 64.0 Å². The minimum absolute atomic E-state index is 0.239. The number of rotatable bonds is 5. The van der Waals surface area contributed by atoms with Crippen molar-refractivity contribution in [2.45, 2.75) is 223 Å². The summed E-state index contributed by atoms with van der Waals surface area (Å²) in [5, 5.41) is -2.82. The largest absolute Gasteiger partial charge is 0.462 e. The van der Waals surface area contributed by atoms with E-state index >= 15 is 0 Å². The molecule has 0 aromatic heterocycles. The average Bonchev–Trinajstić information content (AvgIpc) is 2.89. The first-order valence-electron chi connectivity index (χ1n) is 21.5. The van der Waals surface area contributed by atoms with E-state index in [1.165, 1.54) is 0 Å². The predicted molar refractivity (Wildman–Crippen MR) is 247 cm³/mol. The van der Waals surface area contributed by atoms with Crippen LogP contribution in [0.3, 0.4) is 0 Å². The third-order valence-electron chi connectivity index (χ3n) is 13.9. The van der Waals surface area contributed by atoms with Gasteiger partial charge in [0.1, 0.15) is 0 Å². The zero-order valence-corrected chi connectivity index (χ0v) is 48.2. The summed E-state index contributed by atoms with van der Waals surface area (Å²) in [6.07, 6.45) is 0.571. The molecule has 330 valence electrons. The van der Waals surface area contributed by atoms with Crippen LogP contribution in [0.5, 0.6) is 0 Å². The Morgan fingerprint density at radius 3 is 0.895 bits per heavy atom. The molecular formula is C39H82O10Si8. The topological polar surface area (TPSA) is 100 Å². The van der Waals surface area contributed by atoms with E-state index in [1.807, 2.05) is 0 Å². The minimum atomic E-state index is -3.49. The first-order valence-corrected chi connectivity index (χ1v) is 37.9. The number of carbonyl (C=O) groups is 1. The van der Waals surface area contributed by atoms with Crippen molar-refractivity contribution in [3.63, 3.8) is 0 Å². The van der Waals surface area contributed by atoms with E-state index in [1.54, 1.807) is 6.92 Å². The van der Waals surface area contributed by atoms with Crippen molar-refractivity contribution in [2.24, 2.45) is 0 Å². The summed E-state index contributed by atoms with van der Waals surface area (Å²) in [5.41, 5.74) is 2.81. The third kappa shape index (κ3) is 7.75. The van der Waals surface area contributed by atoms with E-state index in [-0.39, 0.29) is 17.6 Å². The van der Waals surface area contributed by atoms with Crippen LogP contribution in [-0.4, -0.2) is 81.1 Å². The zero-order valence-electron chi connectivity index (χ0n) is 40.2. The second-order valence-corrected chi connectivity index (χ2v) is 61.0. The highest BCUT2D eigenvalue weighted by Gasteiger charge is 2.86. The monoisotopic (exact) mass is 934 g/mol. The first-order chi connectivity index (χ1) is 25.1. The lowest BCUT2D eigenvalue weighted by Gasteiger charge is -2.73. The molecule has 0 aromatic carbocycles. The van der Waals surface area contributed by atoms with Crippen molar-refractivity contribution in [2.75, 3.05) is 6.61 Å². The fourth-order valence-corrected chi connectivity index (χ4v) is 90.4. The molecule has 0 radical (unpaired) electrons. The number of hydrogen-bond donors (Lipinski definition) is 0. The van der Waals surface area contributed by atoms with Crippen molar-refractivity contribution in [3.05, 3.63) is 12.2 Å². The summed E-state index contributed by atoms with van der Waals surface area (Å²) in [6.45, 7) is 54.4. The van der Waals surface area contributed by atoms with Crippen LogP contribution in [0.25, 0.3) is 0 Å². The maximum Gasteiger partial charge on any atom is 0.333 e. The Bertz CT molecular complexity index is 1440. The molecular weight excluding hydrogens is 853 g/mol. The first kappa shape index (κ1) is 48.7. The fourth-order valence-electron chi connectivity index (χ4n) is 9.04. The highest BCUT2D eigenvalue weighted by atomic mass is 28.6. The molecule has 6 heterocycles. The number of carbonyl (C=O) groups excluding carboxylic acids is 1. The van der Waals surface area contributed by atoms with E-state index in [0.29, 0.717) is 40.7 Å². The molecule has 6 rings (SSSR count). The Morgan fingerprint density at radius 2 is 0.667 bits per heavy atom. The summed E-state index contributed by atoms with van der Waals surface area (Å²) < 4.78 is 73.6. The van der Waals surface area contributed by atoms with Crippen LogP contribution in [0.15, 0.2) is 12.2 Å². The summed E-state index contributed by atoms with van der Waals surface area (Å²) in [5.74, 6) is -0.381. The van der Waals surface area contributed by atoms with Gasteiger partial charge in [-0.2, -0.15) is 0 Å². The lowest BCUT2D eigenvalue weighted by Crippen LogP contribution is -2.89. The van der Waals surface area contributed by atoms with Gasteiger partial charge in [0.15, 0.2) is 0 Å². The number of hydrogen-bond acceptors (Lipinski definition) is 10. The van der Waals surface area contributed by atoms with Crippen molar-refractivity contribution < 1.29 is 42.5 Å². The fraction of sp³-hybridized carbons (Fsp3) is 0.923. The average molecular weight is 936 g/mol. The van der Waals surface area contributed by atoms with E-state index in [0.717, 1.165) is 0 Å². The van der Waals surface area contributed by atoms with Crippen molar-refractivity contribution in [3.8, 4) is 0 Å². The van der Waals surface area contributed by atoms with Gasteiger partial charge in [0, 0.05) is 63.5 Å². The van der Waals surface area contributed by atoms with Gasteiger partial charge in [0.2, 0.25) is 0 Å². The Kier molecular flexibility index (Phi) is 11.8. The van der Waals surface area contributed by atoms with E-state index in [4.69, 9.17) is 37.7 Å². The maximum absolute atomic E-state index is 12.7. The summed E-state index contributed by atoms with van der Waals surface area (Å²) in [4.78, 5) is 12.7.